The Morgan fingerprint density at radius 3 is 2.48 bits per heavy atom. The highest BCUT2D eigenvalue weighted by molar-refractivity contribution is 5.96. The maximum absolute atomic E-state index is 11.9. The van der Waals surface area contributed by atoms with E-state index in [-0.39, 0.29) is 18.4 Å². The Hall–Kier alpha value is -3.08. The smallest absolute Gasteiger partial charge is 0.251 e. The second-order valence-electron chi connectivity index (χ2n) is 5.82. The summed E-state index contributed by atoms with van der Waals surface area (Å²) in [5.41, 5.74) is 1.75. The molecule has 2 aromatic carbocycles. The van der Waals surface area contributed by atoms with Gasteiger partial charge in [0.25, 0.3) is 5.91 Å². The Morgan fingerprint density at radius 2 is 1.64 bits per heavy atom. The van der Waals surface area contributed by atoms with Crippen LogP contribution < -0.4 is 10.6 Å². The lowest BCUT2D eigenvalue weighted by Gasteiger charge is -2.08. The molecular weight excluding hydrogens is 314 g/mol. The molecule has 0 spiro atoms. The summed E-state index contributed by atoms with van der Waals surface area (Å²) in [4.78, 5) is 23.7. The first-order valence-corrected chi connectivity index (χ1v) is 8.38. The summed E-state index contributed by atoms with van der Waals surface area (Å²) in [5.74, 6) is -0.420. The zero-order valence-corrected chi connectivity index (χ0v) is 13.9. The van der Waals surface area contributed by atoms with Gasteiger partial charge in [-0.2, -0.15) is 0 Å². The van der Waals surface area contributed by atoms with Crippen LogP contribution in [0.1, 0.15) is 16.8 Å². The normalized spacial score (nSPS) is 10.6. The lowest BCUT2D eigenvalue weighted by Crippen LogP contribution is -2.37. The van der Waals surface area contributed by atoms with Gasteiger partial charge in [0.2, 0.25) is 5.91 Å². The van der Waals surface area contributed by atoms with E-state index < -0.39 is 0 Å². The van der Waals surface area contributed by atoms with Crippen molar-refractivity contribution < 1.29 is 9.59 Å². The molecule has 0 aliphatic rings. The molecule has 2 N–H and O–H groups in total. The third-order valence-corrected chi connectivity index (χ3v) is 4.02. The van der Waals surface area contributed by atoms with E-state index in [0.29, 0.717) is 12.1 Å². The second-order valence-corrected chi connectivity index (χ2v) is 5.82. The minimum absolute atomic E-state index is 0.0137. The number of carbonyl (C=O) groups excluding carboxylic acids is 2. The predicted molar refractivity (Wildman–Crippen MR) is 98.3 cm³/mol. The molecule has 0 unspecified atom stereocenters. The maximum atomic E-state index is 11.9. The molecule has 0 radical (unpaired) electrons. The topological polar surface area (TPSA) is 63.1 Å². The van der Waals surface area contributed by atoms with Crippen molar-refractivity contribution in [2.24, 2.45) is 0 Å². The van der Waals surface area contributed by atoms with Gasteiger partial charge in [-0.25, -0.2) is 0 Å². The summed E-state index contributed by atoms with van der Waals surface area (Å²) in [6, 6.07) is 19.2. The molecule has 0 fully saturated rings. The van der Waals surface area contributed by atoms with Crippen molar-refractivity contribution in [2.75, 3.05) is 13.1 Å². The monoisotopic (exact) mass is 335 g/mol. The highest BCUT2D eigenvalue weighted by Crippen LogP contribution is 2.15. The summed E-state index contributed by atoms with van der Waals surface area (Å²) in [6.07, 6.45) is 2.89. The van der Waals surface area contributed by atoms with E-state index in [1.54, 1.807) is 24.3 Å². The van der Waals surface area contributed by atoms with Gasteiger partial charge in [0.1, 0.15) is 0 Å². The molecule has 1 heterocycles. The lowest BCUT2D eigenvalue weighted by atomic mass is 10.2. The largest absolute Gasteiger partial charge is 0.355 e. The van der Waals surface area contributed by atoms with Gasteiger partial charge in [-0.15, -0.1) is 0 Å². The molecule has 0 saturated heterocycles. The molecule has 3 aromatic rings. The van der Waals surface area contributed by atoms with Crippen LogP contribution >= 0.6 is 0 Å². The summed E-state index contributed by atoms with van der Waals surface area (Å²) >= 11 is 0. The van der Waals surface area contributed by atoms with E-state index in [2.05, 4.69) is 39.6 Å². The van der Waals surface area contributed by atoms with Crippen LogP contribution in [0.5, 0.6) is 0 Å². The summed E-state index contributed by atoms with van der Waals surface area (Å²) in [5, 5.41) is 6.67. The fourth-order valence-electron chi connectivity index (χ4n) is 2.73. The van der Waals surface area contributed by atoms with Crippen molar-refractivity contribution in [1.82, 2.24) is 15.2 Å². The average molecular weight is 335 g/mol. The molecular formula is C20H21N3O2. The van der Waals surface area contributed by atoms with Crippen LogP contribution in [0.15, 0.2) is 66.9 Å². The molecule has 5 nitrogen and oxygen atoms in total. The van der Waals surface area contributed by atoms with Gasteiger partial charge in [-0.1, -0.05) is 36.4 Å². The van der Waals surface area contributed by atoms with Crippen molar-refractivity contribution in [3.63, 3.8) is 0 Å². The molecule has 0 aliphatic heterocycles. The molecule has 3 rings (SSSR count). The molecule has 128 valence electrons. The van der Waals surface area contributed by atoms with Crippen molar-refractivity contribution >= 4 is 22.7 Å². The first-order valence-electron chi connectivity index (χ1n) is 8.38. The van der Waals surface area contributed by atoms with E-state index in [0.717, 1.165) is 13.0 Å². The number of aromatic nitrogens is 1. The zero-order valence-electron chi connectivity index (χ0n) is 13.9. The third-order valence-electron chi connectivity index (χ3n) is 4.02. The van der Waals surface area contributed by atoms with Gasteiger partial charge in [0, 0.05) is 30.4 Å². The van der Waals surface area contributed by atoms with Gasteiger partial charge in [0.05, 0.1) is 6.54 Å². The van der Waals surface area contributed by atoms with E-state index in [1.165, 1.54) is 10.9 Å². The van der Waals surface area contributed by atoms with Gasteiger partial charge in [-0.3, -0.25) is 9.59 Å². The Labute approximate surface area is 146 Å². The number of rotatable bonds is 7. The third kappa shape index (κ3) is 4.47. The minimum atomic E-state index is -0.241. The SMILES string of the molecule is O=C(CNC(=O)c1ccccc1)NCCCn1ccc2ccccc21. The van der Waals surface area contributed by atoms with Crippen LogP contribution in [0, 0.1) is 0 Å². The average Bonchev–Trinajstić information content (AvgIpc) is 3.07. The number of hydrogen-bond acceptors (Lipinski definition) is 2. The summed E-state index contributed by atoms with van der Waals surface area (Å²) in [7, 11) is 0. The Bertz CT molecular complexity index is 856. The number of fused-ring (bicyclic) bond motifs is 1. The lowest BCUT2D eigenvalue weighted by molar-refractivity contribution is -0.120. The van der Waals surface area contributed by atoms with Crippen molar-refractivity contribution in [2.45, 2.75) is 13.0 Å². The van der Waals surface area contributed by atoms with Crippen LogP contribution in [-0.4, -0.2) is 29.5 Å². The van der Waals surface area contributed by atoms with Crippen molar-refractivity contribution in [1.29, 1.82) is 0 Å². The van der Waals surface area contributed by atoms with Gasteiger partial charge in [-0.05, 0) is 36.1 Å². The van der Waals surface area contributed by atoms with Crippen LogP contribution in [-0.2, 0) is 11.3 Å². The predicted octanol–water partition coefficient (Wildman–Crippen LogP) is 2.58. The highest BCUT2D eigenvalue weighted by Gasteiger charge is 2.07. The molecule has 0 atom stereocenters. The molecule has 5 heteroatoms. The Kier molecular flexibility index (Phi) is 5.46. The minimum Gasteiger partial charge on any atom is -0.355 e. The van der Waals surface area contributed by atoms with Gasteiger partial charge >= 0.3 is 0 Å². The number of amides is 2. The second kappa shape index (κ2) is 8.15. The van der Waals surface area contributed by atoms with Gasteiger partial charge in [0.15, 0.2) is 0 Å². The van der Waals surface area contributed by atoms with Crippen LogP contribution in [0.25, 0.3) is 10.9 Å². The van der Waals surface area contributed by atoms with E-state index in [1.807, 2.05) is 18.2 Å². The van der Waals surface area contributed by atoms with Gasteiger partial charge < -0.3 is 15.2 Å². The quantitative estimate of drug-likeness (QED) is 0.652. The van der Waals surface area contributed by atoms with Crippen LogP contribution in [0.3, 0.4) is 0 Å². The first kappa shape index (κ1) is 16.8. The Balaban J connectivity index is 1.37. The standard InChI is InChI=1S/C20H21N3O2/c24-19(15-22-20(25)17-8-2-1-3-9-17)21-12-6-13-23-14-11-16-7-4-5-10-18(16)23/h1-5,7-11,14H,6,12-13,15H2,(H,21,24)(H,22,25). The van der Waals surface area contributed by atoms with Crippen molar-refractivity contribution in [3.05, 3.63) is 72.4 Å². The van der Waals surface area contributed by atoms with E-state index >= 15 is 0 Å². The molecule has 0 aliphatic carbocycles. The highest BCUT2D eigenvalue weighted by atomic mass is 16.2. The molecule has 25 heavy (non-hydrogen) atoms. The number of hydrogen-bond donors (Lipinski definition) is 2. The Morgan fingerprint density at radius 1 is 0.880 bits per heavy atom. The van der Waals surface area contributed by atoms with E-state index in [9.17, 15) is 9.59 Å². The van der Waals surface area contributed by atoms with Crippen LogP contribution in [0.2, 0.25) is 0 Å². The number of aryl methyl sites for hydroxylation is 1. The van der Waals surface area contributed by atoms with Crippen molar-refractivity contribution in [3.8, 4) is 0 Å². The first-order chi connectivity index (χ1) is 12.2. The number of carbonyl (C=O) groups is 2. The number of nitrogens with one attached hydrogen (secondary N) is 2. The number of benzene rings is 2. The maximum Gasteiger partial charge on any atom is 0.251 e. The number of nitrogens with zero attached hydrogens (tertiary/aromatic N) is 1. The molecule has 0 saturated carbocycles. The number of para-hydroxylation sites is 1. The summed E-state index contributed by atoms with van der Waals surface area (Å²) in [6.45, 7) is 1.40. The van der Waals surface area contributed by atoms with E-state index in [4.69, 9.17) is 0 Å². The molecule has 1 aromatic heterocycles. The zero-order chi connectivity index (χ0) is 17.5. The fraction of sp³-hybridized carbons (Fsp3) is 0.200. The summed E-state index contributed by atoms with van der Waals surface area (Å²) < 4.78 is 2.18. The van der Waals surface area contributed by atoms with Crippen LogP contribution in [0.4, 0.5) is 0 Å². The molecule has 2 amide bonds. The fourth-order valence-corrected chi connectivity index (χ4v) is 2.73. The molecule has 0 bridgehead atoms.